The van der Waals surface area contributed by atoms with Gasteiger partial charge in [-0.25, -0.2) is 0 Å². The number of aliphatic carboxylic acids is 1. The maximum atomic E-state index is 11.8. The summed E-state index contributed by atoms with van der Waals surface area (Å²) in [5, 5.41) is 9.70. The zero-order valence-corrected chi connectivity index (χ0v) is 11.8. The molecule has 0 amide bonds. The van der Waals surface area contributed by atoms with Crippen LogP contribution in [0.1, 0.15) is 23.1 Å². The lowest BCUT2D eigenvalue weighted by Gasteiger charge is -2.21. The van der Waals surface area contributed by atoms with Gasteiger partial charge in [-0.05, 0) is 36.0 Å². The molecule has 2 heteroatoms. The number of allylic oxidation sites excluding steroid dienone is 1. The highest BCUT2D eigenvalue weighted by Crippen LogP contribution is 2.40. The van der Waals surface area contributed by atoms with Gasteiger partial charge in [0.15, 0.2) is 0 Å². The van der Waals surface area contributed by atoms with Crippen molar-refractivity contribution in [1.29, 1.82) is 0 Å². The van der Waals surface area contributed by atoms with Crippen molar-refractivity contribution in [2.75, 3.05) is 0 Å². The van der Waals surface area contributed by atoms with Gasteiger partial charge in [0.2, 0.25) is 0 Å². The van der Waals surface area contributed by atoms with Crippen molar-refractivity contribution < 1.29 is 9.90 Å². The Labute approximate surface area is 124 Å². The molecule has 1 aliphatic carbocycles. The zero-order chi connectivity index (χ0) is 14.7. The summed E-state index contributed by atoms with van der Waals surface area (Å²) in [5.41, 5.74) is 2.77. The first-order valence-electron chi connectivity index (χ1n) is 7.21. The summed E-state index contributed by atoms with van der Waals surface area (Å²) < 4.78 is 0. The topological polar surface area (TPSA) is 37.3 Å². The van der Waals surface area contributed by atoms with Gasteiger partial charge in [-0.3, -0.25) is 4.79 Å². The molecule has 0 saturated heterocycles. The molecule has 0 bridgehead atoms. The van der Waals surface area contributed by atoms with E-state index in [9.17, 15) is 9.90 Å². The first kappa shape index (κ1) is 13.6. The maximum Gasteiger partial charge on any atom is 0.310 e. The van der Waals surface area contributed by atoms with E-state index in [4.69, 9.17) is 0 Å². The van der Waals surface area contributed by atoms with Crippen LogP contribution >= 0.6 is 0 Å². The van der Waals surface area contributed by atoms with Crippen LogP contribution in [0.4, 0.5) is 0 Å². The van der Waals surface area contributed by atoms with Gasteiger partial charge in [-0.15, -0.1) is 0 Å². The largest absolute Gasteiger partial charge is 0.481 e. The van der Waals surface area contributed by atoms with Crippen molar-refractivity contribution in [3.8, 4) is 0 Å². The van der Waals surface area contributed by atoms with E-state index in [1.54, 1.807) is 0 Å². The van der Waals surface area contributed by atoms with Crippen molar-refractivity contribution >= 4 is 12.0 Å². The minimum Gasteiger partial charge on any atom is -0.481 e. The van der Waals surface area contributed by atoms with Crippen molar-refractivity contribution in [3.05, 3.63) is 77.4 Å². The molecule has 2 nitrogen and oxygen atoms in total. The van der Waals surface area contributed by atoms with Gasteiger partial charge in [0, 0.05) is 0 Å². The molecule has 0 aliphatic heterocycles. The molecular weight excluding hydrogens is 260 g/mol. The van der Waals surface area contributed by atoms with Crippen LogP contribution in [0.3, 0.4) is 0 Å². The first-order valence-corrected chi connectivity index (χ1v) is 7.21. The molecule has 3 rings (SSSR count). The monoisotopic (exact) mass is 278 g/mol. The molecule has 21 heavy (non-hydrogen) atoms. The Morgan fingerprint density at radius 2 is 1.57 bits per heavy atom. The summed E-state index contributed by atoms with van der Waals surface area (Å²) in [7, 11) is 0. The van der Waals surface area contributed by atoms with E-state index in [1.165, 1.54) is 11.1 Å². The van der Waals surface area contributed by atoms with Gasteiger partial charge in [-0.1, -0.05) is 66.7 Å². The van der Waals surface area contributed by atoms with E-state index in [-0.39, 0.29) is 0 Å². The van der Waals surface area contributed by atoms with Crippen molar-refractivity contribution in [1.82, 2.24) is 0 Å². The molecule has 1 N–H and O–H groups in total. The lowest BCUT2D eigenvalue weighted by molar-refractivity contribution is -0.148. The molecule has 0 saturated carbocycles. The molecule has 0 aromatic heterocycles. The van der Waals surface area contributed by atoms with Gasteiger partial charge < -0.3 is 5.11 Å². The third kappa shape index (κ3) is 2.75. The molecule has 1 aliphatic rings. The number of rotatable bonds is 4. The Morgan fingerprint density at radius 3 is 2.14 bits per heavy atom. The van der Waals surface area contributed by atoms with Gasteiger partial charge >= 0.3 is 5.97 Å². The van der Waals surface area contributed by atoms with Crippen LogP contribution in [0.2, 0.25) is 0 Å². The van der Waals surface area contributed by atoms with Gasteiger partial charge in [0.25, 0.3) is 0 Å². The van der Waals surface area contributed by atoms with Crippen LogP contribution in [0.15, 0.2) is 60.7 Å². The summed E-state index contributed by atoms with van der Waals surface area (Å²) in [6.07, 6.45) is 5.81. The fourth-order valence-electron chi connectivity index (χ4n) is 3.06. The Hall–Kier alpha value is -2.35. The summed E-state index contributed by atoms with van der Waals surface area (Å²) in [6.45, 7) is 0. The highest BCUT2D eigenvalue weighted by atomic mass is 16.4. The van der Waals surface area contributed by atoms with Crippen LogP contribution < -0.4 is 0 Å². The zero-order valence-electron chi connectivity index (χ0n) is 11.8. The van der Waals surface area contributed by atoms with Crippen LogP contribution in [-0.2, 0) is 17.6 Å². The third-order valence-electron chi connectivity index (χ3n) is 4.25. The van der Waals surface area contributed by atoms with E-state index in [0.29, 0.717) is 19.3 Å². The van der Waals surface area contributed by atoms with E-state index >= 15 is 0 Å². The Kier molecular flexibility index (Phi) is 3.61. The molecule has 106 valence electrons. The van der Waals surface area contributed by atoms with Crippen molar-refractivity contribution in [2.45, 2.75) is 19.3 Å². The fraction of sp³-hybridized carbons (Fsp3) is 0.211. The molecule has 0 unspecified atom stereocenters. The van der Waals surface area contributed by atoms with E-state index < -0.39 is 11.4 Å². The molecule has 2 aromatic carbocycles. The molecular formula is C19H18O2. The summed E-state index contributed by atoms with van der Waals surface area (Å²) in [6, 6.07) is 18.0. The van der Waals surface area contributed by atoms with Crippen LogP contribution in [0, 0.1) is 5.41 Å². The van der Waals surface area contributed by atoms with Crippen molar-refractivity contribution in [3.63, 3.8) is 0 Å². The van der Waals surface area contributed by atoms with Gasteiger partial charge in [0.05, 0.1) is 5.41 Å². The normalized spacial score (nSPS) is 16.0. The fourth-order valence-corrected chi connectivity index (χ4v) is 3.06. The Balaban J connectivity index is 1.78. The molecule has 0 atom stereocenters. The third-order valence-corrected chi connectivity index (χ3v) is 4.25. The SMILES string of the molecule is O=C(O)C1(CC=Cc2ccccc2)Cc2ccccc2C1. The summed E-state index contributed by atoms with van der Waals surface area (Å²) >= 11 is 0. The predicted octanol–water partition coefficient (Wildman–Crippen LogP) is 3.96. The van der Waals surface area contributed by atoms with Crippen molar-refractivity contribution in [2.24, 2.45) is 5.41 Å². The first-order chi connectivity index (χ1) is 10.2. The minimum atomic E-state index is -0.698. The second-order valence-corrected chi connectivity index (χ2v) is 5.72. The molecule has 0 spiro atoms. The summed E-state index contributed by atoms with van der Waals surface area (Å²) in [5.74, 6) is -0.698. The van der Waals surface area contributed by atoms with Crippen LogP contribution in [0.5, 0.6) is 0 Å². The standard InChI is InChI=1S/C19H18O2/c20-18(21)19(12-6-9-15-7-2-1-3-8-15)13-16-10-4-5-11-17(16)14-19/h1-11H,12-14H2,(H,20,21). The van der Waals surface area contributed by atoms with E-state index in [0.717, 1.165) is 5.56 Å². The van der Waals surface area contributed by atoms with Crippen LogP contribution in [-0.4, -0.2) is 11.1 Å². The molecule has 2 aromatic rings. The highest BCUT2D eigenvalue weighted by molar-refractivity contribution is 5.77. The number of hydrogen-bond donors (Lipinski definition) is 1. The number of carbonyl (C=O) groups is 1. The lowest BCUT2D eigenvalue weighted by Crippen LogP contribution is -2.31. The maximum absolute atomic E-state index is 11.8. The van der Waals surface area contributed by atoms with Gasteiger partial charge in [0.1, 0.15) is 0 Å². The average Bonchev–Trinajstić information content (AvgIpc) is 2.88. The number of hydrogen-bond acceptors (Lipinski definition) is 1. The smallest absolute Gasteiger partial charge is 0.310 e. The molecule has 0 radical (unpaired) electrons. The minimum absolute atomic E-state index is 0.561. The quantitative estimate of drug-likeness (QED) is 0.919. The predicted molar refractivity (Wildman–Crippen MR) is 84.0 cm³/mol. The average molecular weight is 278 g/mol. The number of benzene rings is 2. The van der Waals surface area contributed by atoms with Gasteiger partial charge in [-0.2, -0.15) is 0 Å². The second-order valence-electron chi connectivity index (χ2n) is 5.72. The Morgan fingerprint density at radius 1 is 1.00 bits per heavy atom. The van der Waals surface area contributed by atoms with Crippen LogP contribution in [0.25, 0.3) is 6.08 Å². The molecule has 0 fully saturated rings. The summed E-state index contributed by atoms with van der Waals surface area (Å²) in [4.78, 5) is 11.8. The second kappa shape index (κ2) is 5.57. The number of carboxylic acids is 1. The van der Waals surface area contributed by atoms with E-state index in [2.05, 4.69) is 0 Å². The number of carboxylic acid groups (broad SMARTS) is 1. The lowest BCUT2D eigenvalue weighted by atomic mass is 9.81. The Bertz CT molecular complexity index is 646. The molecule has 0 heterocycles. The van der Waals surface area contributed by atoms with E-state index in [1.807, 2.05) is 66.7 Å². The number of fused-ring (bicyclic) bond motifs is 1. The highest BCUT2D eigenvalue weighted by Gasteiger charge is 2.42.